The molecule has 6 heteroatoms. The fourth-order valence-electron chi connectivity index (χ4n) is 3.73. The molecule has 4 rings (SSSR count). The summed E-state index contributed by atoms with van der Waals surface area (Å²) in [4.78, 5) is 0.182. The minimum Gasteiger partial charge on any atom is -0.298 e. The van der Waals surface area contributed by atoms with E-state index in [2.05, 4.69) is 34.3 Å². The van der Waals surface area contributed by atoms with E-state index >= 15 is 0 Å². The molecule has 33 heavy (non-hydrogen) atoms. The van der Waals surface area contributed by atoms with Gasteiger partial charge in [-0.25, -0.2) is 13.1 Å². The Labute approximate surface area is 200 Å². The van der Waals surface area contributed by atoms with Crippen LogP contribution in [-0.2, 0) is 10.0 Å². The van der Waals surface area contributed by atoms with Gasteiger partial charge in [-0.05, 0) is 41.0 Å². The zero-order valence-corrected chi connectivity index (χ0v) is 19.5. The molecule has 0 amide bonds. The van der Waals surface area contributed by atoms with Gasteiger partial charge in [-0.15, -0.1) is 0 Å². The zero-order chi connectivity index (χ0) is 23.1. The van der Waals surface area contributed by atoms with Crippen LogP contribution >= 0.6 is 11.6 Å². The maximum atomic E-state index is 12.9. The highest BCUT2D eigenvalue weighted by atomic mass is 35.5. The number of sulfonamides is 1. The second kappa shape index (κ2) is 10.8. The summed E-state index contributed by atoms with van der Waals surface area (Å²) in [7, 11) is -3.69. The van der Waals surface area contributed by atoms with Crippen LogP contribution in [0.3, 0.4) is 0 Å². The number of halogens is 1. The normalized spacial score (nSPS) is 12.5. The Morgan fingerprint density at radius 1 is 0.636 bits per heavy atom. The highest BCUT2D eigenvalue weighted by Gasteiger charge is 2.22. The van der Waals surface area contributed by atoms with Crippen molar-refractivity contribution in [2.24, 2.45) is 0 Å². The number of nitrogens with one attached hydrogen (secondary N) is 2. The van der Waals surface area contributed by atoms with Crippen LogP contribution < -0.4 is 10.0 Å². The molecule has 0 saturated carbocycles. The van der Waals surface area contributed by atoms with Gasteiger partial charge in [-0.3, -0.25) is 5.32 Å². The van der Waals surface area contributed by atoms with Gasteiger partial charge in [-0.2, -0.15) is 0 Å². The fourth-order valence-corrected chi connectivity index (χ4v) is 4.90. The third-order valence-corrected chi connectivity index (χ3v) is 7.13. The van der Waals surface area contributed by atoms with Crippen molar-refractivity contribution in [2.45, 2.75) is 17.0 Å². The topological polar surface area (TPSA) is 58.2 Å². The molecule has 4 nitrogen and oxygen atoms in total. The maximum Gasteiger partial charge on any atom is 0.240 e. The van der Waals surface area contributed by atoms with E-state index in [9.17, 15) is 8.42 Å². The summed E-state index contributed by atoms with van der Waals surface area (Å²) in [6.07, 6.45) is 0. The second-order valence-corrected chi connectivity index (χ2v) is 9.89. The first kappa shape index (κ1) is 23.2. The van der Waals surface area contributed by atoms with Crippen molar-refractivity contribution in [1.29, 1.82) is 0 Å². The molecular formula is C27H25ClN2O2S. The van der Waals surface area contributed by atoms with E-state index < -0.39 is 10.0 Å². The summed E-state index contributed by atoms with van der Waals surface area (Å²) in [6.45, 7) is 0.186. The summed E-state index contributed by atoms with van der Waals surface area (Å²) in [5.41, 5.74) is 3.20. The van der Waals surface area contributed by atoms with Crippen molar-refractivity contribution in [3.05, 3.63) is 137 Å². The maximum absolute atomic E-state index is 12.9. The highest BCUT2D eigenvalue weighted by Crippen LogP contribution is 2.26. The Bertz CT molecular complexity index is 1210. The second-order valence-electron chi connectivity index (χ2n) is 7.69. The fraction of sp³-hybridized carbons (Fsp3) is 0.111. The van der Waals surface area contributed by atoms with Crippen molar-refractivity contribution >= 4 is 21.6 Å². The minimum absolute atomic E-state index is 0.113. The predicted octanol–water partition coefficient (Wildman–Crippen LogP) is 5.74. The van der Waals surface area contributed by atoms with Crippen LogP contribution in [0.25, 0.3) is 0 Å². The summed E-state index contributed by atoms with van der Waals surface area (Å²) in [5.74, 6) is 0. The lowest BCUT2D eigenvalue weighted by molar-refractivity contribution is 0.475. The molecule has 0 aliphatic carbocycles. The van der Waals surface area contributed by atoms with Crippen LogP contribution in [0.2, 0.25) is 5.02 Å². The first-order valence-corrected chi connectivity index (χ1v) is 12.6. The molecule has 0 aliphatic heterocycles. The smallest absolute Gasteiger partial charge is 0.240 e. The van der Waals surface area contributed by atoms with Gasteiger partial charge in [0, 0.05) is 17.6 Å². The van der Waals surface area contributed by atoms with Gasteiger partial charge in [0.2, 0.25) is 10.0 Å². The Balaban J connectivity index is 1.63. The van der Waals surface area contributed by atoms with Crippen LogP contribution in [0, 0.1) is 0 Å². The molecule has 0 spiro atoms. The minimum atomic E-state index is -3.69. The van der Waals surface area contributed by atoms with E-state index in [1.807, 2.05) is 66.7 Å². The van der Waals surface area contributed by atoms with Crippen molar-refractivity contribution in [2.75, 3.05) is 6.54 Å². The quantitative estimate of drug-likeness (QED) is 0.324. The van der Waals surface area contributed by atoms with E-state index in [-0.39, 0.29) is 23.5 Å². The number of rotatable bonds is 9. The molecule has 0 bridgehead atoms. The predicted molar refractivity (Wildman–Crippen MR) is 134 cm³/mol. The van der Waals surface area contributed by atoms with Gasteiger partial charge in [0.05, 0.1) is 10.9 Å². The summed E-state index contributed by atoms with van der Waals surface area (Å²) < 4.78 is 28.6. The molecule has 0 aromatic heterocycles. The first-order chi connectivity index (χ1) is 16.0. The summed E-state index contributed by atoms with van der Waals surface area (Å²) in [5, 5.41) is 4.18. The van der Waals surface area contributed by atoms with E-state index in [4.69, 9.17) is 11.6 Å². The van der Waals surface area contributed by atoms with Gasteiger partial charge in [-0.1, -0.05) is 103 Å². The van der Waals surface area contributed by atoms with Crippen LogP contribution in [0.1, 0.15) is 28.8 Å². The van der Waals surface area contributed by atoms with Crippen molar-refractivity contribution in [3.63, 3.8) is 0 Å². The molecular weight excluding hydrogens is 452 g/mol. The molecule has 0 saturated heterocycles. The highest BCUT2D eigenvalue weighted by molar-refractivity contribution is 7.89. The van der Waals surface area contributed by atoms with Gasteiger partial charge in [0.1, 0.15) is 0 Å². The van der Waals surface area contributed by atoms with E-state index in [1.165, 1.54) is 12.1 Å². The number of benzene rings is 4. The Hall–Kier alpha value is -2.96. The van der Waals surface area contributed by atoms with Crippen molar-refractivity contribution in [1.82, 2.24) is 10.0 Å². The third kappa shape index (κ3) is 6.09. The lowest BCUT2D eigenvalue weighted by atomic mass is 9.96. The molecule has 4 aromatic carbocycles. The van der Waals surface area contributed by atoms with E-state index in [0.29, 0.717) is 5.02 Å². The zero-order valence-electron chi connectivity index (χ0n) is 17.9. The average Bonchev–Trinajstić information content (AvgIpc) is 2.86. The molecule has 0 heterocycles. The van der Waals surface area contributed by atoms with Gasteiger partial charge in [0.15, 0.2) is 0 Å². The SMILES string of the molecule is O=S(=O)(NCC(NC(c1ccccc1)c1ccccc1)c1ccccc1)c1ccc(Cl)cc1. The Morgan fingerprint density at radius 3 is 1.58 bits per heavy atom. The molecule has 0 fully saturated rings. The standard InChI is InChI=1S/C27H25ClN2O2S/c28-24-16-18-25(19-17-24)33(31,32)29-20-26(21-10-4-1-5-11-21)30-27(22-12-6-2-7-13-22)23-14-8-3-9-15-23/h1-19,26-27,29-30H,20H2. The molecule has 0 radical (unpaired) electrons. The molecule has 0 aliphatic rings. The third-order valence-electron chi connectivity index (χ3n) is 5.44. The van der Waals surface area contributed by atoms with Crippen LogP contribution in [0.5, 0.6) is 0 Å². The van der Waals surface area contributed by atoms with Crippen LogP contribution in [-0.4, -0.2) is 15.0 Å². The molecule has 168 valence electrons. The van der Waals surface area contributed by atoms with Crippen molar-refractivity contribution in [3.8, 4) is 0 Å². The van der Waals surface area contributed by atoms with Crippen molar-refractivity contribution < 1.29 is 8.42 Å². The Kier molecular flexibility index (Phi) is 7.57. The van der Waals surface area contributed by atoms with Gasteiger partial charge < -0.3 is 0 Å². The summed E-state index contributed by atoms with van der Waals surface area (Å²) in [6, 6.07) is 35.9. The Morgan fingerprint density at radius 2 is 1.09 bits per heavy atom. The number of hydrogen-bond acceptors (Lipinski definition) is 3. The van der Waals surface area contributed by atoms with Crippen LogP contribution in [0.4, 0.5) is 0 Å². The van der Waals surface area contributed by atoms with E-state index in [1.54, 1.807) is 12.1 Å². The van der Waals surface area contributed by atoms with Crippen LogP contribution in [0.15, 0.2) is 120 Å². The molecule has 1 unspecified atom stereocenters. The largest absolute Gasteiger partial charge is 0.298 e. The molecule has 2 N–H and O–H groups in total. The molecule has 4 aromatic rings. The lowest BCUT2D eigenvalue weighted by Gasteiger charge is -2.27. The monoisotopic (exact) mass is 476 g/mol. The first-order valence-electron chi connectivity index (χ1n) is 10.7. The number of hydrogen-bond donors (Lipinski definition) is 2. The van der Waals surface area contributed by atoms with E-state index in [0.717, 1.165) is 16.7 Å². The lowest BCUT2D eigenvalue weighted by Crippen LogP contribution is -2.37. The van der Waals surface area contributed by atoms with Gasteiger partial charge in [0.25, 0.3) is 0 Å². The molecule has 1 atom stereocenters. The average molecular weight is 477 g/mol. The summed E-state index contributed by atoms with van der Waals surface area (Å²) >= 11 is 5.92. The van der Waals surface area contributed by atoms with Gasteiger partial charge >= 0.3 is 0 Å².